The monoisotopic (exact) mass is 443 g/mol. The maximum absolute atomic E-state index is 13.1. The van der Waals surface area contributed by atoms with Gasteiger partial charge in [0, 0.05) is 18.7 Å². The summed E-state index contributed by atoms with van der Waals surface area (Å²) in [6, 6.07) is 12.3. The van der Waals surface area contributed by atoms with Crippen molar-refractivity contribution in [3.8, 4) is 22.9 Å². The maximum atomic E-state index is 13.1. The number of aromatic nitrogens is 2. The van der Waals surface area contributed by atoms with Crippen LogP contribution in [0.15, 0.2) is 51.9 Å². The van der Waals surface area contributed by atoms with Crippen LogP contribution in [-0.2, 0) is 10.0 Å². The lowest BCUT2D eigenvalue weighted by atomic mass is 10.00. The Morgan fingerprint density at radius 3 is 2.52 bits per heavy atom. The van der Waals surface area contributed by atoms with Gasteiger partial charge in [0.05, 0.1) is 25.0 Å². The van der Waals surface area contributed by atoms with Crippen molar-refractivity contribution in [2.24, 2.45) is 0 Å². The van der Waals surface area contributed by atoms with Gasteiger partial charge in [-0.2, -0.15) is 9.29 Å². The Bertz CT molecular complexity index is 1160. The highest BCUT2D eigenvalue weighted by molar-refractivity contribution is 7.89. The number of hydrogen-bond acceptors (Lipinski definition) is 7. The van der Waals surface area contributed by atoms with E-state index in [-0.39, 0.29) is 5.92 Å². The lowest BCUT2D eigenvalue weighted by molar-refractivity contribution is 0.265. The molecule has 164 valence electrons. The van der Waals surface area contributed by atoms with Gasteiger partial charge in [-0.1, -0.05) is 22.9 Å². The summed E-state index contributed by atoms with van der Waals surface area (Å²) >= 11 is 0. The van der Waals surface area contributed by atoms with Crippen molar-refractivity contribution in [1.82, 2.24) is 14.4 Å². The number of methoxy groups -OCH3 is 2. The molecule has 0 saturated carbocycles. The summed E-state index contributed by atoms with van der Waals surface area (Å²) in [5.41, 5.74) is 1.75. The van der Waals surface area contributed by atoms with Gasteiger partial charge in [0.15, 0.2) is 11.5 Å². The van der Waals surface area contributed by atoms with Gasteiger partial charge in [-0.15, -0.1) is 0 Å². The van der Waals surface area contributed by atoms with E-state index in [1.54, 1.807) is 38.5 Å². The summed E-state index contributed by atoms with van der Waals surface area (Å²) in [6.45, 7) is 2.71. The van der Waals surface area contributed by atoms with Crippen LogP contribution >= 0.6 is 0 Å². The average Bonchev–Trinajstić information content (AvgIpc) is 3.29. The molecule has 1 fully saturated rings. The Kier molecular flexibility index (Phi) is 5.97. The van der Waals surface area contributed by atoms with Crippen LogP contribution in [-0.4, -0.2) is 50.2 Å². The summed E-state index contributed by atoms with van der Waals surface area (Å²) in [6.07, 6.45) is 1.51. The highest BCUT2D eigenvalue weighted by Crippen LogP contribution is 2.33. The van der Waals surface area contributed by atoms with E-state index in [0.717, 1.165) is 24.0 Å². The standard InChI is InChI=1S/C22H25N3O5S/c1-15-6-9-18(10-7-15)31(26,27)25-12-4-5-17(14-25)22-23-21(24-30-22)16-8-11-19(28-2)20(13-16)29-3/h6-11,13,17H,4-5,12,14H2,1-3H3/t17-/m1/s1. The fourth-order valence-corrected chi connectivity index (χ4v) is 5.24. The zero-order valence-electron chi connectivity index (χ0n) is 17.7. The molecule has 1 saturated heterocycles. The molecular formula is C22H25N3O5S. The SMILES string of the molecule is COc1ccc(-c2noc([C@@H]3CCCN(S(=O)(=O)c4ccc(C)cc4)C3)n2)cc1OC. The van der Waals surface area contributed by atoms with E-state index in [2.05, 4.69) is 10.1 Å². The first kappa shape index (κ1) is 21.3. The molecule has 0 aliphatic carbocycles. The van der Waals surface area contributed by atoms with Gasteiger partial charge in [-0.3, -0.25) is 0 Å². The number of hydrogen-bond donors (Lipinski definition) is 0. The molecule has 2 heterocycles. The lowest BCUT2D eigenvalue weighted by Crippen LogP contribution is -2.39. The van der Waals surface area contributed by atoms with Crippen molar-refractivity contribution in [3.63, 3.8) is 0 Å². The van der Waals surface area contributed by atoms with Crippen LogP contribution < -0.4 is 9.47 Å². The number of aryl methyl sites for hydroxylation is 1. The Hall–Kier alpha value is -2.91. The third kappa shape index (κ3) is 4.28. The van der Waals surface area contributed by atoms with Crippen molar-refractivity contribution < 1.29 is 22.4 Å². The second kappa shape index (κ2) is 8.68. The minimum atomic E-state index is -3.57. The predicted molar refractivity (Wildman–Crippen MR) is 115 cm³/mol. The summed E-state index contributed by atoms with van der Waals surface area (Å²) in [5.74, 6) is 1.89. The fraction of sp³-hybridized carbons (Fsp3) is 0.364. The number of benzene rings is 2. The second-order valence-electron chi connectivity index (χ2n) is 7.54. The zero-order valence-corrected chi connectivity index (χ0v) is 18.6. The molecule has 0 radical (unpaired) electrons. The van der Waals surface area contributed by atoms with E-state index in [9.17, 15) is 8.42 Å². The summed E-state index contributed by atoms with van der Waals surface area (Å²) < 4.78 is 43.8. The van der Waals surface area contributed by atoms with E-state index < -0.39 is 10.0 Å². The Balaban J connectivity index is 1.55. The first-order valence-corrected chi connectivity index (χ1v) is 11.5. The summed E-state index contributed by atoms with van der Waals surface area (Å²) in [7, 11) is -0.432. The Morgan fingerprint density at radius 2 is 1.81 bits per heavy atom. The van der Waals surface area contributed by atoms with Gasteiger partial charge in [-0.05, 0) is 50.1 Å². The summed E-state index contributed by atoms with van der Waals surface area (Å²) in [5, 5.41) is 4.10. The van der Waals surface area contributed by atoms with E-state index >= 15 is 0 Å². The van der Waals surface area contributed by atoms with E-state index in [1.807, 2.05) is 25.1 Å². The quantitative estimate of drug-likeness (QED) is 0.574. The molecule has 31 heavy (non-hydrogen) atoms. The molecule has 4 rings (SSSR count). The van der Waals surface area contributed by atoms with E-state index in [4.69, 9.17) is 14.0 Å². The van der Waals surface area contributed by atoms with E-state index in [1.165, 1.54) is 4.31 Å². The molecule has 1 aliphatic heterocycles. The first-order valence-electron chi connectivity index (χ1n) is 10.0. The molecule has 8 nitrogen and oxygen atoms in total. The van der Waals surface area contributed by atoms with Crippen LogP contribution in [0.25, 0.3) is 11.4 Å². The van der Waals surface area contributed by atoms with Crippen molar-refractivity contribution in [2.45, 2.75) is 30.6 Å². The van der Waals surface area contributed by atoms with Gasteiger partial charge >= 0.3 is 0 Å². The van der Waals surface area contributed by atoms with Gasteiger partial charge in [0.2, 0.25) is 21.7 Å². The summed E-state index contributed by atoms with van der Waals surface area (Å²) in [4.78, 5) is 4.84. The van der Waals surface area contributed by atoms with Gasteiger partial charge in [0.25, 0.3) is 0 Å². The number of sulfonamides is 1. The van der Waals surface area contributed by atoms with Crippen molar-refractivity contribution >= 4 is 10.0 Å². The Morgan fingerprint density at radius 1 is 1.06 bits per heavy atom. The lowest BCUT2D eigenvalue weighted by Gasteiger charge is -2.30. The van der Waals surface area contributed by atoms with Crippen LogP contribution in [0.5, 0.6) is 11.5 Å². The van der Waals surface area contributed by atoms with Crippen LogP contribution in [0.2, 0.25) is 0 Å². The predicted octanol–water partition coefficient (Wildman–Crippen LogP) is 3.63. The minimum absolute atomic E-state index is 0.157. The normalized spacial score (nSPS) is 17.5. The van der Waals surface area contributed by atoms with Crippen LogP contribution in [0.1, 0.15) is 30.2 Å². The van der Waals surface area contributed by atoms with Crippen LogP contribution in [0.4, 0.5) is 0 Å². The fourth-order valence-electron chi connectivity index (χ4n) is 3.72. The largest absolute Gasteiger partial charge is 0.493 e. The molecular weight excluding hydrogens is 418 g/mol. The number of rotatable bonds is 6. The highest BCUT2D eigenvalue weighted by Gasteiger charge is 2.33. The molecule has 0 spiro atoms. The maximum Gasteiger partial charge on any atom is 0.243 e. The molecule has 0 unspecified atom stereocenters. The first-order chi connectivity index (χ1) is 14.9. The number of nitrogens with zero attached hydrogens (tertiary/aromatic N) is 3. The second-order valence-corrected chi connectivity index (χ2v) is 9.48. The molecule has 0 N–H and O–H groups in total. The smallest absolute Gasteiger partial charge is 0.243 e. The van der Waals surface area contributed by atoms with Crippen LogP contribution in [0, 0.1) is 6.92 Å². The average molecular weight is 444 g/mol. The van der Waals surface area contributed by atoms with E-state index in [0.29, 0.717) is 41.2 Å². The topological polar surface area (TPSA) is 94.8 Å². The zero-order chi connectivity index (χ0) is 22.0. The third-order valence-corrected chi connectivity index (χ3v) is 7.35. The van der Waals surface area contributed by atoms with Gasteiger partial charge in [-0.25, -0.2) is 8.42 Å². The molecule has 1 atom stereocenters. The van der Waals surface area contributed by atoms with Crippen molar-refractivity contribution in [1.29, 1.82) is 0 Å². The Labute approximate surface area is 181 Å². The van der Waals surface area contributed by atoms with Crippen molar-refractivity contribution in [3.05, 3.63) is 53.9 Å². The molecule has 2 aromatic carbocycles. The molecule has 9 heteroatoms. The molecule has 1 aromatic heterocycles. The minimum Gasteiger partial charge on any atom is -0.493 e. The molecule has 0 bridgehead atoms. The number of ether oxygens (including phenoxy) is 2. The number of piperidine rings is 1. The molecule has 0 amide bonds. The van der Waals surface area contributed by atoms with Crippen LogP contribution in [0.3, 0.4) is 0 Å². The van der Waals surface area contributed by atoms with Gasteiger partial charge < -0.3 is 14.0 Å². The third-order valence-electron chi connectivity index (χ3n) is 5.48. The molecule has 1 aliphatic rings. The molecule has 3 aromatic rings. The van der Waals surface area contributed by atoms with Crippen molar-refractivity contribution in [2.75, 3.05) is 27.3 Å². The van der Waals surface area contributed by atoms with Gasteiger partial charge in [0.1, 0.15) is 0 Å². The highest BCUT2D eigenvalue weighted by atomic mass is 32.2.